The molecule has 0 N–H and O–H groups in total. The maximum atomic E-state index is 4.57. The van der Waals surface area contributed by atoms with Gasteiger partial charge in [-0.3, -0.25) is 0 Å². The Kier molecular flexibility index (Phi) is 5.91. The van der Waals surface area contributed by atoms with Crippen LogP contribution >= 0.6 is 0 Å². The predicted molar refractivity (Wildman–Crippen MR) is 95.9 cm³/mol. The molecule has 0 radical (unpaired) electrons. The van der Waals surface area contributed by atoms with Gasteiger partial charge >= 0.3 is 118 Å². The number of hydrogen-bond acceptors (Lipinski definition) is 1. The Bertz CT molecular complexity index is 463. The van der Waals surface area contributed by atoms with Crippen molar-refractivity contribution in [2.45, 2.75) is 19.6 Å². The molecule has 0 unspecified atom stereocenters. The zero-order valence-corrected chi connectivity index (χ0v) is 16.1. The van der Waals surface area contributed by atoms with E-state index < -0.39 is 0 Å². The first-order valence-electron chi connectivity index (χ1n) is 6.60. The van der Waals surface area contributed by atoms with E-state index >= 15 is 0 Å². The van der Waals surface area contributed by atoms with E-state index in [0.29, 0.717) is 0 Å². The summed E-state index contributed by atoms with van der Waals surface area (Å²) in [4.78, 5) is 4.57. The molecule has 1 heterocycles. The van der Waals surface area contributed by atoms with Gasteiger partial charge in [-0.15, -0.1) is 0 Å². The van der Waals surface area contributed by atoms with Crippen molar-refractivity contribution in [1.82, 2.24) is 4.89 Å². The summed E-state index contributed by atoms with van der Waals surface area (Å²) in [7, 11) is 1.14. The third-order valence-corrected chi connectivity index (χ3v) is 6.93. The van der Waals surface area contributed by atoms with Crippen LogP contribution in [-0.4, -0.2) is 40.5 Å². The van der Waals surface area contributed by atoms with Crippen LogP contribution in [0.15, 0.2) is 25.7 Å². The molecule has 1 rings (SSSR count). The van der Waals surface area contributed by atoms with E-state index in [1.54, 1.807) is 0 Å². The first kappa shape index (κ1) is 15.3. The average molecular weight is 287 g/mol. The van der Waals surface area contributed by atoms with Crippen LogP contribution in [0.1, 0.15) is 16.8 Å². The van der Waals surface area contributed by atoms with Gasteiger partial charge < -0.3 is 0 Å². The second-order valence-electron chi connectivity index (χ2n) is 4.45. The zero-order valence-electron chi connectivity index (χ0n) is 11.8. The molecule has 1 aromatic rings. The van der Waals surface area contributed by atoms with Crippen molar-refractivity contribution < 1.29 is 0 Å². The van der Waals surface area contributed by atoms with Crippen LogP contribution in [0.25, 0.3) is 15.6 Å². The molecule has 0 saturated heterocycles. The summed E-state index contributed by atoms with van der Waals surface area (Å²) in [6.07, 6.45) is 0. The van der Waals surface area contributed by atoms with Crippen LogP contribution in [-0.2, 0) is 0 Å². The summed E-state index contributed by atoms with van der Waals surface area (Å²) in [6, 6.07) is 0. The van der Waals surface area contributed by atoms with Gasteiger partial charge in [0.2, 0.25) is 0 Å². The minimum atomic E-state index is -0.269. The standard InChI is InChI=1S/C13H22BNSi3/c1-8(16-4)11-7-14-15-13(10(3)18-6)12(11)9(2)17-5/h7H,1-3,16-18H2,4-6H3. The zero-order chi connectivity index (χ0) is 13.7. The van der Waals surface area contributed by atoms with Crippen molar-refractivity contribution in [2.75, 3.05) is 0 Å². The van der Waals surface area contributed by atoms with E-state index in [9.17, 15) is 0 Å². The minimum absolute atomic E-state index is 0.234. The van der Waals surface area contributed by atoms with E-state index in [0.717, 1.165) is 5.69 Å². The molecule has 0 amide bonds. The first-order valence-corrected chi connectivity index (χ1v) is 13.0. The molecule has 0 bridgehead atoms. The van der Waals surface area contributed by atoms with Gasteiger partial charge in [0, 0.05) is 0 Å². The van der Waals surface area contributed by atoms with Crippen LogP contribution in [0.4, 0.5) is 0 Å². The summed E-state index contributed by atoms with van der Waals surface area (Å²) >= 11 is 0. The van der Waals surface area contributed by atoms with Gasteiger partial charge in [-0.2, -0.15) is 0 Å². The van der Waals surface area contributed by atoms with Crippen molar-refractivity contribution in [2.24, 2.45) is 0 Å². The number of hydrogen-bond donors (Lipinski definition) is 0. The van der Waals surface area contributed by atoms with Gasteiger partial charge in [0.15, 0.2) is 0 Å². The third-order valence-electron chi connectivity index (χ3n) is 3.30. The van der Waals surface area contributed by atoms with Crippen molar-refractivity contribution in [1.29, 1.82) is 0 Å². The fourth-order valence-corrected chi connectivity index (χ4v) is 3.91. The van der Waals surface area contributed by atoms with Gasteiger partial charge in [0.25, 0.3) is 0 Å². The van der Waals surface area contributed by atoms with E-state index in [-0.39, 0.29) is 28.6 Å². The molecule has 0 fully saturated rings. The number of rotatable bonds is 6. The van der Waals surface area contributed by atoms with Gasteiger partial charge in [0.1, 0.15) is 0 Å². The molecule has 0 atom stereocenters. The number of nitrogens with zero attached hydrogens (tertiary/aromatic N) is 1. The predicted octanol–water partition coefficient (Wildman–Crippen LogP) is 0.982. The fraction of sp³-hybridized carbons (Fsp3) is 0.231. The Morgan fingerprint density at radius 1 is 1.00 bits per heavy atom. The third kappa shape index (κ3) is 3.16. The second kappa shape index (κ2) is 6.97. The van der Waals surface area contributed by atoms with Crippen molar-refractivity contribution in [3.05, 3.63) is 42.5 Å². The second-order valence-corrected chi connectivity index (χ2v) is 9.14. The molecule has 1 aromatic heterocycles. The molecule has 0 aliphatic rings. The Hall–Kier alpha value is -0.784. The monoisotopic (exact) mass is 287 g/mol. The summed E-state index contributed by atoms with van der Waals surface area (Å²) in [5.74, 6) is 2.11. The van der Waals surface area contributed by atoms with E-state index in [1.807, 2.05) is 7.05 Å². The molecule has 5 heteroatoms. The Morgan fingerprint density at radius 2 is 1.56 bits per heavy atom. The quantitative estimate of drug-likeness (QED) is 0.711. The van der Waals surface area contributed by atoms with Gasteiger partial charge in [-0.1, -0.05) is 0 Å². The van der Waals surface area contributed by atoms with E-state index in [1.165, 1.54) is 26.7 Å². The van der Waals surface area contributed by atoms with Crippen molar-refractivity contribution in [3.8, 4) is 0 Å². The summed E-state index contributed by atoms with van der Waals surface area (Å²) in [5, 5.41) is 3.84. The van der Waals surface area contributed by atoms with Crippen LogP contribution in [0.2, 0.25) is 19.6 Å². The van der Waals surface area contributed by atoms with Crippen LogP contribution < -0.4 is 0 Å². The molecule has 0 aliphatic heterocycles. The topological polar surface area (TPSA) is 12.9 Å². The van der Waals surface area contributed by atoms with Crippen molar-refractivity contribution in [3.63, 3.8) is 0 Å². The van der Waals surface area contributed by atoms with Crippen LogP contribution in [0.3, 0.4) is 0 Å². The Morgan fingerprint density at radius 3 is 2.06 bits per heavy atom. The SMILES string of the molecule is C=C([SiH2]C)c1cbnc(C(=C)[SiH2]C)c1C(=C)[SiH2]C. The maximum absolute atomic E-state index is 4.57. The average Bonchev–Trinajstić information content (AvgIpc) is 2.43. The molecule has 18 heavy (non-hydrogen) atoms. The van der Waals surface area contributed by atoms with E-state index in [4.69, 9.17) is 0 Å². The molecular weight excluding hydrogens is 265 g/mol. The summed E-state index contributed by atoms with van der Waals surface area (Å²) in [6.45, 7) is 19.5. The molecule has 0 saturated carbocycles. The first-order chi connectivity index (χ1) is 8.56. The number of aromatic nitrogens is 1. The van der Waals surface area contributed by atoms with Crippen molar-refractivity contribution >= 4 is 51.2 Å². The van der Waals surface area contributed by atoms with Crippen LogP contribution in [0, 0.1) is 0 Å². The van der Waals surface area contributed by atoms with Crippen LogP contribution in [0.5, 0.6) is 0 Å². The Balaban J connectivity index is 3.49. The molecular formula is C13H22BNSi3. The molecule has 94 valence electrons. The van der Waals surface area contributed by atoms with E-state index in [2.05, 4.69) is 50.2 Å². The molecule has 0 aliphatic carbocycles. The van der Waals surface area contributed by atoms with Gasteiger partial charge in [0.05, 0.1) is 0 Å². The normalized spacial score (nSPS) is 11.9. The molecule has 1 nitrogen and oxygen atoms in total. The Labute approximate surface area is 118 Å². The van der Waals surface area contributed by atoms with Gasteiger partial charge in [-0.25, -0.2) is 0 Å². The molecule has 0 aromatic carbocycles. The summed E-state index contributed by atoms with van der Waals surface area (Å²) in [5.41, 5.74) is 3.66. The molecule has 0 spiro atoms. The fourth-order valence-electron chi connectivity index (χ4n) is 1.92. The van der Waals surface area contributed by atoms with Gasteiger partial charge in [-0.05, 0) is 0 Å². The summed E-state index contributed by atoms with van der Waals surface area (Å²) < 4.78 is 0.